The van der Waals surface area contributed by atoms with Crippen LogP contribution < -0.4 is 21.6 Å². The highest BCUT2D eigenvalue weighted by atomic mass is 19.1. The molecule has 0 amide bonds. The molecule has 0 unspecified atom stereocenters. The SMILES string of the molecule is NC/C(=C\F)Cn1ncn(-c2cccc(-c3cccc(N4CCNCC4)c3)n2)c1=O. The largest absolute Gasteiger partial charge is 0.369 e. The lowest BCUT2D eigenvalue weighted by Gasteiger charge is -2.29. The summed E-state index contributed by atoms with van der Waals surface area (Å²) in [6.45, 7) is 3.88. The predicted octanol–water partition coefficient (Wildman–Crippen LogP) is 1.32. The number of pyridine rings is 1. The third-order valence-electron chi connectivity index (χ3n) is 5.11. The number of halogens is 1. The van der Waals surface area contributed by atoms with Crippen molar-refractivity contribution in [1.82, 2.24) is 24.6 Å². The molecular formula is C21H24FN7O. The second-order valence-corrected chi connectivity index (χ2v) is 7.08. The Morgan fingerprint density at radius 1 is 1.20 bits per heavy atom. The monoisotopic (exact) mass is 409 g/mol. The first-order valence-corrected chi connectivity index (χ1v) is 9.86. The number of nitrogens with zero attached hydrogens (tertiary/aromatic N) is 5. The third kappa shape index (κ3) is 4.17. The van der Waals surface area contributed by atoms with E-state index in [2.05, 4.69) is 32.4 Å². The number of nitrogens with two attached hydrogens (primary N) is 1. The van der Waals surface area contributed by atoms with E-state index in [0.29, 0.717) is 12.1 Å². The molecule has 1 saturated heterocycles. The summed E-state index contributed by atoms with van der Waals surface area (Å²) in [5.41, 5.74) is 8.24. The Balaban J connectivity index is 1.63. The fourth-order valence-electron chi connectivity index (χ4n) is 3.44. The molecule has 0 aliphatic carbocycles. The van der Waals surface area contributed by atoms with Gasteiger partial charge in [0.05, 0.1) is 18.6 Å². The minimum atomic E-state index is -0.401. The Bertz CT molecular complexity index is 1100. The molecule has 1 aliphatic rings. The van der Waals surface area contributed by atoms with Crippen molar-refractivity contribution in [3.63, 3.8) is 0 Å². The first-order valence-electron chi connectivity index (χ1n) is 9.86. The molecule has 0 bridgehead atoms. The molecule has 0 saturated carbocycles. The third-order valence-corrected chi connectivity index (χ3v) is 5.11. The van der Waals surface area contributed by atoms with Crippen LogP contribution >= 0.6 is 0 Å². The van der Waals surface area contributed by atoms with Gasteiger partial charge in [0.25, 0.3) is 0 Å². The van der Waals surface area contributed by atoms with Gasteiger partial charge in [-0.15, -0.1) is 0 Å². The number of benzene rings is 1. The average Bonchev–Trinajstić information content (AvgIpc) is 3.18. The first-order chi connectivity index (χ1) is 14.7. The average molecular weight is 409 g/mol. The maximum absolute atomic E-state index is 12.8. The molecule has 30 heavy (non-hydrogen) atoms. The second-order valence-electron chi connectivity index (χ2n) is 7.08. The van der Waals surface area contributed by atoms with E-state index in [9.17, 15) is 9.18 Å². The first kappa shape index (κ1) is 20.0. The number of aromatic nitrogens is 4. The molecule has 2 aromatic heterocycles. The summed E-state index contributed by atoms with van der Waals surface area (Å²) in [7, 11) is 0. The molecule has 4 rings (SSSR count). The Kier molecular flexibility index (Phi) is 6.01. The second kappa shape index (κ2) is 9.02. The molecular weight excluding hydrogens is 385 g/mol. The molecule has 1 aromatic carbocycles. The van der Waals surface area contributed by atoms with Crippen molar-refractivity contribution < 1.29 is 4.39 Å². The van der Waals surface area contributed by atoms with E-state index in [1.165, 1.54) is 10.9 Å². The molecule has 0 spiro atoms. The van der Waals surface area contributed by atoms with E-state index in [-0.39, 0.29) is 18.7 Å². The van der Waals surface area contributed by atoms with Crippen LogP contribution in [0.25, 0.3) is 17.1 Å². The fourth-order valence-corrected chi connectivity index (χ4v) is 3.44. The van der Waals surface area contributed by atoms with Crippen LogP contribution in [0.3, 0.4) is 0 Å². The number of anilines is 1. The topological polar surface area (TPSA) is 94.0 Å². The van der Waals surface area contributed by atoms with E-state index >= 15 is 0 Å². The van der Waals surface area contributed by atoms with Gasteiger partial charge in [0.1, 0.15) is 12.1 Å². The van der Waals surface area contributed by atoms with Crippen molar-refractivity contribution in [2.75, 3.05) is 37.6 Å². The van der Waals surface area contributed by atoms with E-state index in [1.54, 1.807) is 6.07 Å². The molecule has 1 fully saturated rings. The van der Waals surface area contributed by atoms with Crippen LogP contribution in [-0.4, -0.2) is 52.1 Å². The normalized spacial score (nSPS) is 14.9. The van der Waals surface area contributed by atoms with Gasteiger partial charge in [-0.1, -0.05) is 18.2 Å². The fraction of sp³-hybridized carbons (Fsp3) is 0.286. The molecule has 0 radical (unpaired) electrons. The summed E-state index contributed by atoms with van der Waals surface area (Å²) in [6, 6.07) is 13.7. The van der Waals surface area contributed by atoms with Gasteiger partial charge in [-0.05, 0) is 29.8 Å². The summed E-state index contributed by atoms with van der Waals surface area (Å²) in [5, 5.41) is 7.41. The lowest BCUT2D eigenvalue weighted by molar-refractivity contribution is 0.589. The van der Waals surface area contributed by atoms with Crippen molar-refractivity contribution in [1.29, 1.82) is 0 Å². The molecule has 3 heterocycles. The highest BCUT2D eigenvalue weighted by Gasteiger charge is 2.13. The van der Waals surface area contributed by atoms with Gasteiger partial charge in [0, 0.05) is 44.0 Å². The number of hydrogen-bond donors (Lipinski definition) is 2. The lowest BCUT2D eigenvalue weighted by atomic mass is 10.1. The van der Waals surface area contributed by atoms with E-state index < -0.39 is 5.69 Å². The van der Waals surface area contributed by atoms with Gasteiger partial charge in [0.15, 0.2) is 0 Å². The zero-order chi connectivity index (χ0) is 20.9. The highest BCUT2D eigenvalue weighted by molar-refractivity contribution is 5.66. The maximum atomic E-state index is 12.8. The Labute approximate surface area is 173 Å². The van der Waals surface area contributed by atoms with Gasteiger partial charge in [-0.25, -0.2) is 23.4 Å². The molecule has 0 atom stereocenters. The maximum Gasteiger partial charge on any atom is 0.351 e. The molecule has 1 aliphatic heterocycles. The van der Waals surface area contributed by atoms with Crippen molar-refractivity contribution >= 4 is 5.69 Å². The van der Waals surface area contributed by atoms with Gasteiger partial charge in [-0.3, -0.25) is 0 Å². The van der Waals surface area contributed by atoms with E-state index in [1.807, 2.05) is 24.3 Å². The van der Waals surface area contributed by atoms with Crippen LogP contribution in [0.2, 0.25) is 0 Å². The van der Waals surface area contributed by atoms with E-state index in [4.69, 9.17) is 5.73 Å². The molecule has 3 aromatic rings. The predicted molar refractivity (Wildman–Crippen MR) is 114 cm³/mol. The Morgan fingerprint density at radius 3 is 2.77 bits per heavy atom. The molecule has 9 heteroatoms. The summed E-state index contributed by atoms with van der Waals surface area (Å²) in [6.07, 6.45) is 1.80. The standard InChI is InChI=1S/C21H24FN7O/c22-12-16(13-23)14-29-21(30)28(15-25-29)20-6-2-5-19(26-20)17-3-1-4-18(11-17)27-9-7-24-8-10-27/h1-6,11-12,15,24H,7-10,13-14,23H2/b16-12+. The molecule has 8 nitrogen and oxygen atoms in total. The van der Waals surface area contributed by atoms with Crippen molar-refractivity contribution in [3.8, 4) is 17.1 Å². The summed E-state index contributed by atoms with van der Waals surface area (Å²) in [5.74, 6) is 0.454. The minimum Gasteiger partial charge on any atom is -0.369 e. The number of piperazine rings is 1. The lowest BCUT2D eigenvalue weighted by Crippen LogP contribution is -2.43. The summed E-state index contributed by atoms with van der Waals surface area (Å²) in [4.78, 5) is 19.7. The van der Waals surface area contributed by atoms with Crippen LogP contribution in [0.1, 0.15) is 0 Å². The van der Waals surface area contributed by atoms with Gasteiger partial charge < -0.3 is 16.0 Å². The van der Waals surface area contributed by atoms with Crippen LogP contribution in [0.5, 0.6) is 0 Å². The van der Waals surface area contributed by atoms with Crippen LogP contribution in [0.15, 0.2) is 65.5 Å². The van der Waals surface area contributed by atoms with Gasteiger partial charge in [0.2, 0.25) is 0 Å². The van der Waals surface area contributed by atoms with Crippen LogP contribution in [0, 0.1) is 0 Å². The Morgan fingerprint density at radius 2 is 2.00 bits per heavy atom. The van der Waals surface area contributed by atoms with Crippen LogP contribution in [-0.2, 0) is 6.54 Å². The summed E-state index contributed by atoms with van der Waals surface area (Å²) >= 11 is 0. The molecule has 3 N–H and O–H groups in total. The quantitative estimate of drug-likeness (QED) is 0.638. The van der Waals surface area contributed by atoms with Crippen molar-refractivity contribution in [2.24, 2.45) is 5.73 Å². The zero-order valence-electron chi connectivity index (χ0n) is 16.5. The minimum absolute atomic E-state index is 0.00522. The number of hydrogen-bond acceptors (Lipinski definition) is 6. The van der Waals surface area contributed by atoms with Gasteiger partial charge in [-0.2, -0.15) is 5.10 Å². The Hall–Kier alpha value is -3.30. The zero-order valence-corrected chi connectivity index (χ0v) is 16.5. The van der Waals surface area contributed by atoms with Crippen molar-refractivity contribution in [3.05, 3.63) is 71.2 Å². The molecule has 156 valence electrons. The highest BCUT2D eigenvalue weighted by Crippen LogP contribution is 2.24. The van der Waals surface area contributed by atoms with Crippen molar-refractivity contribution in [2.45, 2.75) is 6.54 Å². The van der Waals surface area contributed by atoms with Crippen LogP contribution in [0.4, 0.5) is 10.1 Å². The number of nitrogens with one attached hydrogen (secondary N) is 1. The van der Waals surface area contributed by atoms with Gasteiger partial charge >= 0.3 is 5.69 Å². The van der Waals surface area contributed by atoms with E-state index in [0.717, 1.165) is 47.8 Å². The number of rotatable bonds is 6. The smallest absolute Gasteiger partial charge is 0.351 e. The summed E-state index contributed by atoms with van der Waals surface area (Å²) < 4.78 is 15.3.